The van der Waals surface area contributed by atoms with Crippen LogP contribution in [0.2, 0.25) is 0 Å². The van der Waals surface area contributed by atoms with Gasteiger partial charge >= 0.3 is 11.9 Å². The first-order chi connectivity index (χ1) is 13.7. The third-order valence-electron chi connectivity index (χ3n) is 8.07. The van der Waals surface area contributed by atoms with E-state index in [1.54, 1.807) is 0 Å². The second-order valence-electron chi connectivity index (χ2n) is 9.78. The van der Waals surface area contributed by atoms with Crippen molar-refractivity contribution in [3.05, 3.63) is 0 Å². The van der Waals surface area contributed by atoms with Gasteiger partial charge in [-0.2, -0.15) is 0 Å². The Kier molecular flexibility index (Phi) is 5.35. The van der Waals surface area contributed by atoms with Gasteiger partial charge < -0.3 is 19.3 Å². The molecule has 0 spiro atoms. The van der Waals surface area contributed by atoms with Crippen molar-refractivity contribution in [2.24, 2.45) is 35.5 Å². The van der Waals surface area contributed by atoms with Crippen molar-refractivity contribution in [3.63, 3.8) is 0 Å². The van der Waals surface area contributed by atoms with Crippen LogP contribution in [0.15, 0.2) is 0 Å². The van der Waals surface area contributed by atoms with Gasteiger partial charge in [0.1, 0.15) is 0 Å². The van der Waals surface area contributed by atoms with Crippen LogP contribution in [-0.2, 0) is 19.1 Å². The number of rotatable bonds is 10. The normalized spacial score (nSPS) is 38.4. The van der Waals surface area contributed by atoms with Gasteiger partial charge in [-0.25, -0.2) is 0 Å². The number of hydrogen-bond donors (Lipinski definition) is 0. The van der Waals surface area contributed by atoms with Crippen LogP contribution in [-0.4, -0.2) is 74.2 Å². The summed E-state index contributed by atoms with van der Waals surface area (Å²) >= 11 is 0. The zero-order valence-electron chi connectivity index (χ0n) is 16.9. The smallest absolute Gasteiger partial charge is 0.307 e. The summed E-state index contributed by atoms with van der Waals surface area (Å²) in [6.45, 7) is 7.18. The van der Waals surface area contributed by atoms with Crippen molar-refractivity contribution in [3.8, 4) is 0 Å². The van der Waals surface area contributed by atoms with Crippen LogP contribution in [0, 0.1) is 35.5 Å². The fourth-order valence-corrected chi connectivity index (χ4v) is 6.37. The van der Waals surface area contributed by atoms with E-state index in [9.17, 15) is 9.59 Å². The Labute approximate surface area is 167 Å². The van der Waals surface area contributed by atoms with Gasteiger partial charge in [-0.1, -0.05) is 0 Å². The summed E-state index contributed by atoms with van der Waals surface area (Å²) < 4.78 is 11.4. The quantitative estimate of drug-likeness (QED) is 0.419. The molecule has 2 saturated heterocycles. The lowest BCUT2D eigenvalue weighted by molar-refractivity contribution is -0.150. The number of fused-ring (bicyclic) bond motifs is 5. The number of carbonyl (C=O) groups excluding carboxylic acids is 2. The molecule has 3 aliphatic carbocycles. The molecular weight excluding hydrogens is 356 g/mol. The molecule has 5 aliphatic rings. The van der Waals surface area contributed by atoms with Gasteiger partial charge in [0.05, 0.1) is 26.1 Å². The molecule has 6 nitrogen and oxygen atoms in total. The van der Waals surface area contributed by atoms with Crippen LogP contribution in [0.3, 0.4) is 0 Å². The summed E-state index contributed by atoms with van der Waals surface area (Å²) in [6.07, 6.45) is 6.24. The van der Waals surface area contributed by atoms with Crippen LogP contribution in [0.4, 0.5) is 0 Å². The summed E-state index contributed by atoms with van der Waals surface area (Å²) in [5, 5.41) is 0. The van der Waals surface area contributed by atoms with E-state index in [-0.39, 0.29) is 11.9 Å². The molecule has 3 saturated carbocycles. The highest BCUT2D eigenvalue weighted by Gasteiger charge is 2.57. The molecule has 5 fully saturated rings. The molecular formula is C22H34N2O4. The highest BCUT2D eigenvalue weighted by Crippen LogP contribution is 2.62. The minimum Gasteiger partial charge on any atom is -0.465 e. The minimum absolute atomic E-state index is 0.0623. The van der Waals surface area contributed by atoms with Crippen LogP contribution in [0.5, 0.6) is 0 Å². The average Bonchev–Trinajstić information content (AvgIpc) is 3.59. The Morgan fingerprint density at radius 3 is 2.04 bits per heavy atom. The van der Waals surface area contributed by atoms with Crippen LogP contribution >= 0.6 is 0 Å². The topological polar surface area (TPSA) is 58.6 Å². The maximum Gasteiger partial charge on any atom is 0.307 e. The lowest BCUT2D eigenvalue weighted by Crippen LogP contribution is -2.30. The average molecular weight is 391 g/mol. The summed E-state index contributed by atoms with van der Waals surface area (Å²) in [7, 11) is 0. The van der Waals surface area contributed by atoms with E-state index in [2.05, 4.69) is 9.80 Å². The van der Waals surface area contributed by atoms with Gasteiger partial charge in [0.25, 0.3) is 0 Å². The fraction of sp³-hybridized carbons (Fsp3) is 0.909. The minimum atomic E-state index is -0.0684. The number of esters is 2. The van der Waals surface area contributed by atoms with Gasteiger partial charge in [-0.3, -0.25) is 9.59 Å². The first-order valence-electron chi connectivity index (χ1n) is 11.4. The summed E-state index contributed by atoms with van der Waals surface area (Å²) in [5.74, 6) is 3.73. The SMILES string of the molecule is O=C(CCN1CC1)OCC1CC2C3CCC(C3)C2C1COC(=O)CCN1CC1. The Balaban J connectivity index is 1.14. The van der Waals surface area contributed by atoms with Crippen LogP contribution < -0.4 is 0 Å². The molecule has 0 aromatic rings. The van der Waals surface area contributed by atoms with E-state index in [1.807, 2.05) is 0 Å². The molecule has 0 amide bonds. The molecule has 28 heavy (non-hydrogen) atoms. The summed E-state index contributed by atoms with van der Waals surface area (Å²) in [5.41, 5.74) is 0. The monoisotopic (exact) mass is 390 g/mol. The molecule has 6 unspecified atom stereocenters. The van der Waals surface area contributed by atoms with E-state index < -0.39 is 0 Å². The fourth-order valence-electron chi connectivity index (χ4n) is 6.37. The lowest BCUT2D eigenvalue weighted by atomic mass is 9.77. The van der Waals surface area contributed by atoms with E-state index in [1.165, 1.54) is 19.3 Å². The Hall–Kier alpha value is -1.14. The summed E-state index contributed by atoms with van der Waals surface area (Å²) in [4.78, 5) is 28.8. The highest BCUT2D eigenvalue weighted by atomic mass is 16.5. The predicted molar refractivity (Wildman–Crippen MR) is 103 cm³/mol. The number of hydrogen-bond acceptors (Lipinski definition) is 6. The third-order valence-corrected chi connectivity index (χ3v) is 8.07. The second kappa shape index (κ2) is 7.94. The standard InChI is InChI=1S/C22H34N2O4/c25-20(3-5-23-7-8-23)27-13-17-12-18-15-1-2-16(11-15)22(18)19(17)14-28-21(26)4-6-24-9-10-24/h15-19,22H,1-14H2. The molecule has 0 aromatic carbocycles. The van der Waals surface area contributed by atoms with E-state index >= 15 is 0 Å². The second-order valence-corrected chi connectivity index (χ2v) is 9.78. The van der Waals surface area contributed by atoms with Crippen molar-refractivity contribution in [2.45, 2.75) is 38.5 Å². The van der Waals surface area contributed by atoms with Crippen LogP contribution in [0.1, 0.15) is 38.5 Å². The third kappa shape index (κ3) is 4.23. The van der Waals surface area contributed by atoms with Crippen molar-refractivity contribution < 1.29 is 19.1 Å². The lowest BCUT2D eigenvalue weighted by Gasteiger charge is -2.30. The Morgan fingerprint density at radius 1 is 0.786 bits per heavy atom. The first-order valence-corrected chi connectivity index (χ1v) is 11.4. The van der Waals surface area contributed by atoms with E-state index in [4.69, 9.17) is 9.47 Å². The molecule has 156 valence electrons. The van der Waals surface area contributed by atoms with Crippen molar-refractivity contribution >= 4 is 11.9 Å². The zero-order chi connectivity index (χ0) is 19.1. The molecule has 6 atom stereocenters. The van der Waals surface area contributed by atoms with E-state index in [0.29, 0.717) is 43.8 Å². The highest BCUT2D eigenvalue weighted by molar-refractivity contribution is 5.70. The Bertz CT molecular complexity index is 603. The molecule has 0 aromatic heterocycles. The maximum atomic E-state index is 12.2. The van der Waals surface area contributed by atoms with Gasteiger partial charge in [-0.15, -0.1) is 0 Å². The van der Waals surface area contributed by atoms with Gasteiger partial charge in [-0.05, 0) is 55.3 Å². The molecule has 2 bridgehead atoms. The number of ether oxygens (including phenoxy) is 2. The number of nitrogens with zero attached hydrogens (tertiary/aromatic N) is 2. The molecule has 2 aliphatic heterocycles. The maximum absolute atomic E-state index is 12.2. The van der Waals surface area contributed by atoms with Crippen molar-refractivity contribution in [2.75, 3.05) is 52.5 Å². The van der Waals surface area contributed by atoms with Gasteiger partial charge in [0.15, 0.2) is 0 Å². The molecule has 2 heterocycles. The number of carbonyl (C=O) groups is 2. The molecule has 0 N–H and O–H groups in total. The Morgan fingerprint density at radius 2 is 1.39 bits per heavy atom. The van der Waals surface area contributed by atoms with Crippen molar-refractivity contribution in [1.29, 1.82) is 0 Å². The van der Waals surface area contributed by atoms with Gasteiger partial charge in [0, 0.05) is 45.2 Å². The summed E-state index contributed by atoms with van der Waals surface area (Å²) in [6, 6.07) is 0. The zero-order valence-corrected chi connectivity index (χ0v) is 16.9. The molecule has 5 rings (SSSR count). The van der Waals surface area contributed by atoms with Gasteiger partial charge in [0.2, 0.25) is 0 Å². The van der Waals surface area contributed by atoms with Crippen LogP contribution in [0.25, 0.3) is 0 Å². The van der Waals surface area contributed by atoms with E-state index in [0.717, 1.165) is 63.4 Å². The first kappa shape index (κ1) is 18.9. The molecule has 6 heteroatoms. The largest absolute Gasteiger partial charge is 0.465 e. The molecule has 0 radical (unpaired) electrons. The van der Waals surface area contributed by atoms with Crippen molar-refractivity contribution in [1.82, 2.24) is 9.80 Å². The predicted octanol–water partition coefficient (Wildman–Crippen LogP) is 1.78.